The molecule has 2 saturated heterocycles. The van der Waals surface area contributed by atoms with E-state index in [1.54, 1.807) is 27.0 Å². The van der Waals surface area contributed by atoms with Crippen molar-refractivity contribution in [3.8, 4) is 5.75 Å². The maximum absolute atomic E-state index is 13.4. The number of carbonyl (C=O) groups is 2. The lowest BCUT2D eigenvalue weighted by molar-refractivity contribution is -0.145. The molecule has 2 heterocycles. The second-order valence-electron chi connectivity index (χ2n) is 7.63. The lowest BCUT2D eigenvalue weighted by Gasteiger charge is -2.37. The number of hydrogen-bond donors (Lipinski definition) is 0. The number of piperidine rings is 1. The zero-order valence-corrected chi connectivity index (χ0v) is 18.7. The van der Waals surface area contributed by atoms with Gasteiger partial charge in [0.05, 0.1) is 19.1 Å². The molecular weight excluding hydrogens is 412 g/mol. The number of carbonyl (C=O) groups excluding carboxylic acids is 2. The molecule has 1 aromatic carbocycles. The molecule has 0 aliphatic carbocycles. The fourth-order valence-corrected chi connectivity index (χ4v) is 6.23. The van der Waals surface area contributed by atoms with E-state index in [2.05, 4.69) is 0 Å². The van der Waals surface area contributed by atoms with Crippen molar-refractivity contribution in [3.05, 3.63) is 22.8 Å². The molecule has 0 saturated carbocycles. The number of methoxy groups -OCH3 is 2. The predicted molar refractivity (Wildman–Crippen MR) is 108 cm³/mol. The van der Waals surface area contributed by atoms with E-state index in [0.29, 0.717) is 34.6 Å². The van der Waals surface area contributed by atoms with E-state index in [4.69, 9.17) is 14.2 Å². The average molecular weight is 441 g/mol. The smallest absolute Gasteiger partial charge is 0.410 e. The van der Waals surface area contributed by atoms with E-state index in [1.165, 1.54) is 16.3 Å². The van der Waals surface area contributed by atoms with Gasteiger partial charge in [0, 0.05) is 19.1 Å². The molecule has 1 amide bonds. The Kier molecular flexibility index (Phi) is 6.28. The first-order valence-electron chi connectivity index (χ1n) is 9.81. The monoisotopic (exact) mass is 440 g/mol. The van der Waals surface area contributed by atoms with Gasteiger partial charge in [0.1, 0.15) is 12.4 Å². The third-order valence-corrected chi connectivity index (χ3v) is 8.19. The third-order valence-electron chi connectivity index (χ3n) is 6.00. The van der Waals surface area contributed by atoms with Gasteiger partial charge in [0.15, 0.2) is 6.04 Å². The van der Waals surface area contributed by atoms with Gasteiger partial charge in [0.25, 0.3) is 0 Å². The molecule has 1 atom stereocenters. The van der Waals surface area contributed by atoms with Crippen LogP contribution in [0.1, 0.15) is 29.5 Å². The van der Waals surface area contributed by atoms with Gasteiger partial charge < -0.3 is 14.2 Å². The number of nitrogens with zero attached hydrogens (tertiary/aromatic N) is 2. The highest BCUT2D eigenvalue weighted by Crippen LogP contribution is 2.34. The van der Waals surface area contributed by atoms with E-state index in [0.717, 1.165) is 5.56 Å². The first-order chi connectivity index (χ1) is 14.1. The van der Waals surface area contributed by atoms with Crippen LogP contribution in [0.2, 0.25) is 0 Å². The highest BCUT2D eigenvalue weighted by Gasteiger charge is 2.45. The van der Waals surface area contributed by atoms with Crippen molar-refractivity contribution in [1.29, 1.82) is 0 Å². The highest BCUT2D eigenvalue weighted by atomic mass is 32.2. The first-order valence-corrected chi connectivity index (χ1v) is 11.2. The van der Waals surface area contributed by atoms with E-state index in [9.17, 15) is 18.0 Å². The Morgan fingerprint density at radius 2 is 1.77 bits per heavy atom. The summed E-state index contributed by atoms with van der Waals surface area (Å²) in [7, 11) is -0.890. The number of hydrogen-bond acceptors (Lipinski definition) is 7. The van der Waals surface area contributed by atoms with Gasteiger partial charge in [-0.3, -0.25) is 4.90 Å². The maximum Gasteiger partial charge on any atom is 0.410 e. The van der Waals surface area contributed by atoms with Crippen LogP contribution in [0.4, 0.5) is 4.79 Å². The number of benzene rings is 1. The van der Waals surface area contributed by atoms with Gasteiger partial charge in [-0.05, 0) is 56.4 Å². The van der Waals surface area contributed by atoms with Gasteiger partial charge in [-0.25, -0.2) is 18.0 Å². The molecule has 3 rings (SSSR count). The molecule has 9 nitrogen and oxygen atoms in total. The molecular formula is C20H28N2O7S. The molecule has 0 unspecified atom stereocenters. The van der Waals surface area contributed by atoms with Crippen LogP contribution in [-0.4, -0.2) is 75.7 Å². The summed E-state index contributed by atoms with van der Waals surface area (Å²) in [5.41, 5.74) is 2.09. The third kappa shape index (κ3) is 3.74. The average Bonchev–Trinajstić information content (AvgIpc) is 3.11. The molecule has 30 heavy (non-hydrogen) atoms. The molecule has 0 aromatic heterocycles. The Morgan fingerprint density at radius 1 is 1.13 bits per heavy atom. The summed E-state index contributed by atoms with van der Waals surface area (Å²) in [6, 6.07) is 0.670. The van der Waals surface area contributed by atoms with E-state index in [-0.39, 0.29) is 25.7 Å². The van der Waals surface area contributed by atoms with Crippen LogP contribution in [-0.2, 0) is 24.3 Å². The number of sulfonamides is 1. The van der Waals surface area contributed by atoms with Crippen molar-refractivity contribution in [2.75, 3.05) is 33.9 Å². The van der Waals surface area contributed by atoms with Crippen molar-refractivity contribution in [3.63, 3.8) is 0 Å². The second kappa shape index (κ2) is 8.43. The lowest BCUT2D eigenvalue weighted by atomic mass is 10.0. The van der Waals surface area contributed by atoms with Crippen molar-refractivity contribution in [2.45, 2.75) is 50.6 Å². The normalized spacial score (nSPS) is 20.9. The minimum atomic E-state index is -3.71. The largest absolute Gasteiger partial charge is 0.496 e. The van der Waals surface area contributed by atoms with Crippen LogP contribution in [0.5, 0.6) is 5.75 Å². The Labute approximate surface area is 176 Å². The molecule has 2 aliphatic rings. The lowest BCUT2D eigenvalue weighted by Crippen LogP contribution is -2.52. The number of rotatable bonds is 5. The summed E-state index contributed by atoms with van der Waals surface area (Å²) in [6.07, 6.45) is 0.258. The summed E-state index contributed by atoms with van der Waals surface area (Å²) in [5, 5.41) is 0. The van der Waals surface area contributed by atoms with Crippen molar-refractivity contribution in [2.24, 2.45) is 0 Å². The summed E-state index contributed by atoms with van der Waals surface area (Å²) >= 11 is 0. The van der Waals surface area contributed by atoms with Crippen molar-refractivity contribution < 1.29 is 32.2 Å². The van der Waals surface area contributed by atoms with Crippen molar-refractivity contribution in [1.82, 2.24) is 9.21 Å². The SMILES string of the molecule is COC(=O)[C@@H]1COC(=O)N1C1CCN(S(=O)(=O)c2c(C)cc(OC)c(C)c2C)CC1. The molecule has 166 valence electrons. The second-order valence-corrected chi connectivity index (χ2v) is 9.51. The van der Waals surface area contributed by atoms with Crippen LogP contribution in [0, 0.1) is 20.8 Å². The minimum Gasteiger partial charge on any atom is -0.496 e. The van der Waals surface area contributed by atoms with Gasteiger partial charge in [-0.2, -0.15) is 4.31 Å². The van der Waals surface area contributed by atoms with Gasteiger partial charge >= 0.3 is 12.1 Å². The fraction of sp³-hybridized carbons (Fsp3) is 0.600. The highest BCUT2D eigenvalue weighted by molar-refractivity contribution is 7.89. The van der Waals surface area contributed by atoms with Crippen LogP contribution in [0.3, 0.4) is 0 Å². The number of cyclic esters (lactones) is 1. The number of amides is 1. The van der Waals surface area contributed by atoms with Crippen LogP contribution in [0.25, 0.3) is 0 Å². The molecule has 0 radical (unpaired) electrons. The zero-order chi connectivity index (χ0) is 22.2. The van der Waals surface area contributed by atoms with Gasteiger partial charge in [0.2, 0.25) is 10.0 Å². The zero-order valence-electron chi connectivity index (χ0n) is 17.9. The van der Waals surface area contributed by atoms with Crippen LogP contribution >= 0.6 is 0 Å². The first kappa shape index (κ1) is 22.4. The van der Waals surface area contributed by atoms with Crippen LogP contribution in [0.15, 0.2) is 11.0 Å². The Morgan fingerprint density at radius 3 is 2.33 bits per heavy atom. The molecule has 0 N–H and O–H groups in total. The Hall–Kier alpha value is -2.33. The summed E-state index contributed by atoms with van der Waals surface area (Å²) in [5.74, 6) is 0.125. The van der Waals surface area contributed by atoms with Crippen LogP contribution < -0.4 is 4.74 Å². The van der Waals surface area contributed by atoms with E-state index in [1.807, 2.05) is 6.92 Å². The van der Waals surface area contributed by atoms with Gasteiger partial charge in [-0.1, -0.05) is 0 Å². The summed E-state index contributed by atoms with van der Waals surface area (Å²) < 4.78 is 43.4. The van der Waals surface area contributed by atoms with Crippen molar-refractivity contribution >= 4 is 22.1 Å². The minimum absolute atomic E-state index is 0.0481. The standard InChI is InChI=1S/C20H28N2O7S/c1-12-10-17(27-4)13(2)14(3)18(12)30(25,26)21-8-6-15(7-9-21)22-16(19(23)28-5)11-29-20(22)24/h10,15-16H,6-9,11H2,1-5H3/t16-/m0/s1. The topological polar surface area (TPSA) is 102 Å². The molecule has 10 heteroatoms. The Balaban J connectivity index is 1.80. The molecule has 2 fully saturated rings. The fourth-order valence-electron chi connectivity index (χ4n) is 4.27. The quantitative estimate of drug-likeness (QED) is 0.643. The molecule has 0 spiro atoms. The maximum atomic E-state index is 13.4. The summed E-state index contributed by atoms with van der Waals surface area (Å²) in [6.45, 7) is 5.82. The number of aryl methyl sites for hydroxylation is 1. The molecule has 1 aromatic rings. The van der Waals surface area contributed by atoms with E-state index >= 15 is 0 Å². The summed E-state index contributed by atoms with van der Waals surface area (Å²) in [4.78, 5) is 25.8. The molecule has 0 bridgehead atoms. The molecule has 2 aliphatic heterocycles. The Bertz CT molecular complexity index is 952. The predicted octanol–water partition coefficient (Wildman–Crippen LogP) is 1.77. The number of ether oxygens (including phenoxy) is 3. The van der Waals surface area contributed by atoms with Gasteiger partial charge in [-0.15, -0.1) is 0 Å². The van der Waals surface area contributed by atoms with E-state index < -0.39 is 28.1 Å². The number of esters is 1.